The summed E-state index contributed by atoms with van der Waals surface area (Å²) in [7, 11) is 3.32. The first-order valence-electron chi connectivity index (χ1n) is 6.69. The molecule has 9 heteroatoms. The van der Waals surface area contributed by atoms with E-state index in [2.05, 4.69) is 20.9 Å². The van der Waals surface area contributed by atoms with Crippen molar-refractivity contribution in [3.63, 3.8) is 0 Å². The van der Waals surface area contributed by atoms with Crippen LogP contribution in [-0.4, -0.2) is 38.9 Å². The number of anilines is 1. The van der Waals surface area contributed by atoms with Crippen LogP contribution in [0, 0.1) is 5.82 Å². The molecule has 0 fully saturated rings. The minimum atomic E-state index is -1.20. The molecule has 0 aliphatic carbocycles. The molecule has 1 aromatic heterocycles. The summed E-state index contributed by atoms with van der Waals surface area (Å²) >= 11 is 8.93. The van der Waals surface area contributed by atoms with Crippen LogP contribution in [0.4, 0.5) is 10.2 Å². The number of imidazole rings is 1. The van der Waals surface area contributed by atoms with Crippen molar-refractivity contribution in [3.05, 3.63) is 45.0 Å². The first kappa shape index (κ1) is 16.2. The highest BCUT2D eigenvalue weighted by Gasteiger charge is 2.38. The van der Waals surface area contributed by atoms with Gasteiger partial charge in [0, 0.05) is 14.1 Å². The van der Waals surface area contributed by atoms with E-state index < -0.39 is 12.2 Å². The van der Waals surface area contributed by atoms with E-state index >= 15 is 0 Å². The maximum Gasteiger partial charge on any atom is 0.278 e. The average Bonchev–Trinajstić information content (AvgIpc) is 2.81. The van der Waals surface area contributed by atoms with Crippen LogP contribution in [0.5, 0.6) is 0 Å². The largest absolute Gasteiger partial charge is 0.356 e. The van der Waals surface area contributed by atoms with E-state index in [9.17, 15) is 14.3 Å². The number of nitrogens with zero attached hydrogens (tertiary/aromatic N) is 4. The van der Waals surface area contributed by atoms with Crippen molar-refractivity contribution < 1.29 is 14.3 Å². The molecule has 23 heavy (non-hydrogen) atoms. The molecule has 122 valence electrons. The number of carbonyl (C=O) groups is 1. The summed E-state index contributed by atoms with van der Waals surface area (Å²) in [6.45, 7) is 0.0423. The van der Waals surface area contributed by atoms with E-state index in [4.69, 9.17) is 11.6 Å². The van der Waals surface area contributed by atoms with Gasteiger partial charge in [0.15, 0.2) is 16.2 Å². The second kappa shape index (κ2) is 5.77. The van der Waals surface area contributed by atoms with Crippen LogP contribution in [0.2, 0.25) is 5.02 Å². The van der Waals surface area contributed by atoms with Gasteiger partial charge in [0.1, 0.15) is 5.82 Å². The van der Waals surface area contributed by atoms with Gasteiger partial charge >= 0.3 is 0 Å². The van der Waals surface area contributed by atoms with Crippen molar-refractivity contribution in [3.8, 4) is 0 Å². The summed E-state index contributed by atoms with van der Waals surface area (Å²) in [5, 5.41) is 10.4. The van der Waals surface area contributed by atoms with Gasteiger partial charge in [-0.2, -0.15) is 0 Å². The Morgan fingerprint density at radius 3 is 2.78 bits per heavy atom. The second-order valence-electron chi connectivity index (χ2n) is 5.25. The lowest BCUT2D eigenvalue weighted by Crippen LogP contribution is -2.53. The van der Waals surface area contributed by atoms with Gasteiger partial charge in [-0.15, -0.1) is 0 Å². The molecule has 1 aliphatic rings. The number of aliphatic hydroxyl groups is 1. The SMILES string of the molecule is CN1c2nc(Br)n(C)c2C(=O)N(Cc2ccc(Cl)c(F)c2)C1O. The van der Waals surface area contributed by atoms with Crippen molar-refractivity contribution in [1.82, 2.24) is 14.5 Å². The van der Waals surface area contributed by atoms with Crippen molar-refractivity contribution in [2.75, 3.05) is 11.9 Å². The molecule has 1 unspecified atom stereocenters. The Morgan fingerprint density at radius 1 is 1.43 bits per heavy atom. The van der Waals surface area contributed by atoms with Crippen molar-refractivity contribution in [1.29, 1.82) is 0 Å². The highest BCUT2D eigenvalue weighted by atomic mass is 79.9. The van der Waals surface area contributed by atoms with Crippen molar-refractivity contribution >= 4 is 39.3 Å². The van der Waals surface area contributed by atoms with Crippen molar-refractivity contribution in [2.45, 2.75) is 12.9 Å². The highest BCUT2D eigenvalue weighted by molar-refractivity contribution is 9.10. The van der Waals surface area contributed by atoms with Crippen LogP contribution in [0.1, 0.15) is 16.1 Å². The lowest BCUT2D eigenvalue weighted by Gasteiger charge is -2.38. The fourth-order valence-electron chi connectivity index (χ4n) is 2.49. The molecule has 1 aromatic carbocycles. The van der Waals surface area contributed by atoms with E-state index in [0.717, 1.165) is 0 Å². The number of aromatic nitrogens is 2. The van der Waals surface area contributed by atoms with Crippen LogP contribution in [-0.2, 0) is 13.6 Å². The number of hydrogen-bond donors (Lipinski definition) is 1. The smallest absolute Gasteiger partial charge is 0.278 e. The summed E-state index contributed by atoms with van der Waals surface area (Å²) in [5.74, 6) is -0.572. The van der Waals surface area contributed by atoms with Crippen molar-refractivity contribution in [2.24, 2.45) is 7.05 Å². The third-order valence-electron chi connectivity index (χ3n) is 3.78. The van der Waals surface area contributed by atoms with Crippen LogP contribution in [0.15, 0.2) is 22.9 Å². The standard InChI is InChI=1S/C14H13BrClFN4O2/c1-19-10-11(18-13(19)15)20(2)14(23)21(12(10)22)6-7-3-4-8(16)9(17)5-7/h3-5,14,23H,6H2,1-2H3. The van der Waals surface area contributed by atoms with E-state index in [0.29, 0.717) is 21.8 Å². The predicted octanol–water partition coefficient (Wildman–Crippen LogP) is 2.34. The number of amides is 1. The molecule has 2 aromatic rings. The molecule has 0 saturated carbocycles. The summed E-state index contributed by atoms with van der Waals surface area (Å²) in [6.07, 6.45) is -1.20. The fraction of sp³-hybridized carbons (Fsp3) is 0.286. The molecule has 1 amide bonds. The van der Waals surface area contributed by atoms with E-state index in [1.807, 2.05) is 0 Å². The average molecular weight is 404 g/mol. The van der Waals surface area contributed by atoms with Gasteiger partial charge in [-0.05, 0) is 33.6 Å². The lowest BCUT2D eigenvalue weighted by atomic mass is 10.2. The molecule has 0 saturated heterocycles. The summed E-state index contributed by atoms with van der Waals surface area (Å²) in [5.41, 5.74) is 0.872. The Morgan fingerprint density at radius 2 is 2.13 bits per heavy atom. The molecular weight excluding hydrogens is 391 g/mol. The monoisotopic (exact) mass is 402 g/mol. The zero-order chi connectivity index (χ0) is 16.9. The first-order valence-corrected chi connectivity index (χ1v) is 7.86. The Kier molecular flexibility index (Phi) is 4.07. The van der Waals surface area contributed by atoms with Gasteiger partial charge in [-0.1, -0.05) is 17.7 Å². The topological polar surface area (TPSA) is 61.6 Å². The zero-order valence-electron chi connectivity index (χ0n) is 12.3. The first-order chi connectivity index (χ1) is 10.8. The van der Waals surface area contributed by atoms with Crippen LogP contribution < -0.4 is 4.90 Å². The van der Waals surface area contributed by atoms with Crippen LogP contribution >= 0.6 is 27.5 Å². The summed E-state index contributed by atoms with van der Waals surface area (Å²) < 4.78 is 15.7. The van der Waals surface area contributed by atoms with Gasteiger partial charge in [0.25, 0.3) is 5.91 Å². The number of halogens is 3. The minimum absolute atomic E-state index is 0.00855. The van der Waals surface area contributed by atoms with E-state index in [-0.39, 0.29) is 17.5 Å². The number of aliphatic hydroxyl groups excluding tert-OH is 1. The Bertz CT molecular complexity index is 797. The maximum absolute atomic E-state index is 13.6. The Balaban J connectivity index is 1.98. The summed E-state index contributed by atoms with van der Waals surface area (Å²) in [4.78, 5) is 19.6. The number of rotatable bonds is 2. The lowest BCUT2D eigenvalue weighted by molar-refractivity contribution is -0.000771. The van der Waals surface area contributed by atoms with Gasteiger partial charge in [0.05, 0.1) is 11.6 Å². The normalized spacial score (nSPS) is 17.7. The van der Waals surface area contributed by atoms with E-state index in [1.165, 1.54) is 21.9 Å². The quantitative estimate of drug-likeness (QED) is 0.836. The molecule has 2 heterocycles. The fourth-order valence-corrected chi connectivity index (χ4v) is 2.95. The molecule has 1 aliphatic heterocycles. The number of fused-ring (bicyclic) bond motifs is 1. The molecule has 6 nitrogen and oxygen atoms in total. The molecule has 3 rings (SSSR count). The predicted molar refractivity (Wildman–Crippen MR) is 86.6 cm³/mol. The van der Waals surface area contributed by atoms with Gasteiger partial charge in [-0.25, -0.2) is 9.37 Å². The highest BCUT2D eigenvalue weighted by Crippen LogP contribution is 2.31. The third-order valence-corrected chi connectivity index (χ3v) is 4.80. The second-order valence-corrected chi connectivity index (χ2v) is 6.37. The van der Waals surface area contributed by atoms with Crippen LogP contribution in [0.25, 0.3) is 0 Å². The van der Waals surface area contributed by atoms with Gasteiger partial charge in [0.2, 0.25) is 6.35 Å². The van der Waals surface area contributed by atoms with Gasteiger partial charge in [-0.3, -0.25) is 9.69 Å². The van der Waals surface area contributed by atoms with Gasteiger partial charge < -0.3 is 14.6 Å². The molecule has 1 atom stereocenters. The Hall–Kier alpha value is -1.64. The molecule has 1 N–H and O–H groups in total. The Labute approximate surface area is 145 Å². The number of hydrogen-bond acceptors (Lipinski definition) is 4. The molecular formula is C14H13BrClFN4O2. The third kappa shape index (κ3) is 2.60. The number of benzene rings is 1. The molecule has 0 radical (unpaired) electrons. The maximum atomic E-state index is 13.6. The zero-order valence-corrected chi connectivity index (χ0v) is 14.6. The van der Waals surface area contributed by atoms with Crippen LogP contribution in [0.3, 0.4) is 0 Å². The molecule has 0 spiro atoms. The molecule has 0 bridgehead atoms. The summed E-state index contributed by atoms with van der Waals surface area (Å²) in [6, 6.07) is 4.28. The van der Waals surface area contributed by atoms with E-state index in [1.54, 1.807) is 24.7 Å². The minimum Gasteiger partial charge on any atom is -0.356 e. The number of carbonyl (C=O) groups excluding carboxylic acids is 1.